The van der Waals surface area contributed by atoms with Gasteiger partial charge in [0.1, 0.15) is 0 Å². The van der Waals surface area contributed by atoms with E-state index in [1.165, 1.54) is 10.6 Å². The molecule has 1 atom stereocenters. The second-order valence-corrected chi connectivity index (χ2v) is 8.16. The number of aromatic nitrogens is 2. The Labute approximate surface area is 166 Å². The predicted octanol–water partition coefficient (Wildman–Crippen LogP) is 1.92. The van der Waals surface area contributed by atoms with Crippen molar-refractivity contribution in [3.8, 4) is 0 Å². The van der Waals surface area contributed by atoms with Gasteiger partial charge in [0.05, 0.1) is 17.2 Å². The quantitative estimate of drug-likeness (QED) is 0.584. The molecule has 0 aliphatic carbocycles. The summed E-state index contributed by atoms with van der Waals surface area (Å²) in [4.78, 5) is 9.11. The molecule has 1 saturated heterocycles. The van der Waals surface area contributed by atoms with Gasteiger partial charge in [-0.05, 0) is 44.4 Å². The summed E-state index contributed by atoms with van der Waals surface area (Å²) in [5.74, 6) is 0.875. The minimum atomic E-state index is 0.248. The molecule has 3 rings (SSSR count). The smallest absolute Gasteiger partial charge is 0.191 e. The Kier molecular flexibility index (Phi) is 6.73. The van der Waals surface area contributed by atoms with Crippen LogP contribution in [0.3, 0.4) is 0 Å². The van der Waals surface area contributed by atoms with Crippen LogP contribution in [0.4, 0.5) is 5.00 Å². The average molecular weight is 390 g/mol. The standard InChI is InChI=1S/C19H31N7S/c1-20-19(21-13-17(24(2)3)15-12-22-25(4)14-15)23-16-7-9-26(10-8-16)18-6-5-11-27-18/h5-6,11-12,14,16-17H,7-10,13H2,1-4H3,(H2,20,21,23). The normalized spacial score (nSPS) is 17.4. The van der Waals surface area contributed by atoms with Crippen molar-refractivity contribution in [2.45, 2.75) is 24.9 Å². The Morgan fingerprint density at radius 2 is 2.19 bits per heavy atom. The fraction of sp³-hybridized carbons (Fsp3) is 0.579. The molecule has 0 aromatic carbocycles. The summed E-state index contributed by atoms with van der Waals surface area (Å²) in [5, 5.41) is 14.9. The molecule has 1 aliphatic rings. The molecule has 0 saturated carbocycles. The molecule has 0 bridgehead atoms. The van der Waals surface area contributed by atoms with Crippen molar-refractivity contribution in [3.05, 3.63) is 35.5 Å². The molecule has 7 nitrogen and oxygen atoms in total. The van der Waals surface area contributed by atoms with E-state index in [4.69, 9.17) is 0 Å². The lowest BCUT2D eigenvalue weighted by atomic mass is 10.1. The molecule has 2 aromatic heterocycles. The van der Waals surface area contributed by atoms with Gasteiger partial charge in [0.2, 0.25) is 0 Å². The predicted molar refractivity (Wildman–Crippen MR) is 114 cm³/mol. The number of hydrogen-bond donors (Lipinski definition) is 2. The van der Waals surface area contributed by atoms with E-state index in [1.54, 1.807) is 0 Å². The Morgan fingerprint density at radius 3 is 2.74 bits per heavy atom. The maximum Gasteiger partial charge on any atom is 0.191 e. The number of piperidine rings is 1. The molecule has 0 amide bonds. The third kappa shape index (κ3) is 5.23. The highest BCUT2D eigenvalue weighted by atomic mass is 32.1. The lowest BCUT2D eigenvalue weighted by molar-refractivity contribution is 0.297. The molecule has 1 unspecified atom stereocenters. The van der Waals surface area contributed by atoms with Crippen LogP contribution in [0, 0.1) is 0 Å². The highest BCUT2D eigenvalue weighted by Gasteiger charge is 2.21. The summed E-state index contributed by atoms with van der Waals surface area (Å²) in [6, 6.07) is 5.04. The van der Waals surface area contributed by atoms with Gasteiger partial charge in [-0.25, -0.2) is 0 Å². The topological polar surface area (TPSA) is 60.7 Å². The monoisotopic (exact) mass is 389 g/mol. The van der Waals surface area contributed by atoms with Gasteiger partial charge < -0.3 is 20.4 Å². The molecular formula is C19H31N7S. The fourth-order valence-electron chi connectivity index (χ4n) is 3.49. The molecule has 148 valence electrons. The van der Waals surface area contributed by atoms with Crippen molar-refractivity contribution in [2.75, 3.05) is 45.7 Å². The average Bonchev–Trinajstić information content (AvgIpc) is 3.33. The van der Waals surface area contributed by atoms with Crippen molar-refractivity contribution in [3.63, 3.8) is 0 Å². The van der Waals surface area contributed by atoms with E-state index in [-0.39, 0.29) is 6.04 Å². The summed E-state index contributed by atoms with van der Waals surface area (Å²) >= 11 is 1.82. The first kappa shape index (κ1) is 19.7. The zero-order chi connectivity index (χ0) is 19.2. The van der Waals surface area contributed by atoms with E-state index in [0.717, 1.165) is 38.4 Å². The largest absolute Gasteiger partial charge is 0.363 e. The molecule has 8 heteroatoms. The summed E-state index contributed by atoms with van der Waals surface area (Å²) in [7, 11) is 7.98. The van der Waals surface area contributed by atoms with Gasteiger partial charge in [-0.1, -0.05) is 0 Å². The lowest BCUT2D eigenvalue weighted by Crippen LogP contribution is -2.49. The van der Waals surface area contributed by atoms with Gasteiger partial charge in [0, 0.05) is 51.5 Å². The molecule has 0 spiro atoms. The van der Waals surface area contributed by atoms with Gasteiger partial charge in [-0.15, -0.1) is 11.3 Å². The van der Waals surface area contributed by atoms with Crippen LogP contribution in [0.15, 0.2) is 34.9 Å². The Morgan fingerprint density at radius 1 is 1.41 bits per heavy atom. The summed E-state index contributed by atoms with van der Waals surface area (Å²) in [6.07, 6.45) is 6.25. The van der Waals surface area contributed by atoms with Crippen LogP contribution in [-0.2, 0) is 7.05 Å². The number of hydrogen-bond acceptors (Lipinski definition) is 5. The van der Waals surface area contributed by atoms with Crippen LogP contribution in [0.5, 0.6) is 0 Å². The van der Waals surface area contributed by atoms with E-state index in [1.807, 2.05) is 36.3 Å². The highest BCUT2D eigenvalue weighted by Crippen LogP contribution is 2.24. The minimum absolute atomic E-state index is 0.248. The second-order valence-electron chi connectivity index (χ2n) is 7.24. The molecule has 2 N–H and O–H groups in total. The number of nitrogens with zero attached hydrogens (tertiary/aromatic N) is 5. The molecule has 27 heavy (non-hydrogen) atoms. The van der Waals surface area contributed by atoms with Crippen LogP contribution < -0.4 is 15.5 Å². The number of aryl methyl sites for hydroxylation is 1. The number of guanidine groups is 1. The van der Waals surface area contributed by atoms with Crippen LogP contribution >= 0.6 is 11.3 Å². The van der Waals surface area contributed by atoms with Crippen molar-refractivity contribution < 1.29 is 0 Å². The molecule has 0 radical (unpaired) electrons. The van der Waals surface area contributed by atoms with Gasteiger partial charge in [0.25, 0.3) is 0 Å². The fourth-order valence-corrected chi connectivity index (χ4v) is 4.27. The van der Waals surface area contributed by atoms with E-state index in [9.17, 15) is 0 Å². The van der Waals surface area contributed by atoms with Crippen LogP contribution in [0.25, 0.3) is 0 Å². The Hall–Kier alpha value is -2.06. The molecule has 3 heterocycles. The van der Waals surface area contributed by atoms with Crippen LogP contribution in [-0.4, -0.2) is 67.5 Å². The first-order chi connectivity index (χ1) is 13.1. The van der Waals surface area contributed by atoms with Gasteiger partial charge in [-0.2, -0.15) is 5.10 Å². The van der Waals surface area contributed by atoms with Crippen molar-refractivity contribution in [1.29, 1.82) is 0 Å². The van der Waals surface area contributed by atoms with Crippen LogP contribution in [0.2, 0.25) is 0 Å². The van der Waals surface area contributed by atoms with Crippen LogP contribution in [0.1, 0.15) is 24.4 Å². The molecule has 1 aliphatic heterocycles. The summed E-state index contributed by atoms with van der Waals surface area (Å²) < 4.78 is 1.85. The summed E-state index contributed by atoms with van der Waals surface area (Å²) in [5.41, 5.74) is 1.20. The number of thiophene rings is 1. The van der Waals surface area contributed by atoms with E-state index in [0.29, 0.717) is 6.04 Å². The van der Waals surface area contributed by atoms with E-state index < -0.39 is 0 Å². The van der Waals surface area contributed by atoms with Gasteiger partial charge >= 0.3 is 0 Å². The third-order valence-electron chi connectivity index (χ3n) is 5.07. The first-order valence-electron chi connectivity index (χ1n) is 9.47. The molecular weight excluding hydrogens is 358 g/mol. The highest BCUT2D eigenvalue weighted by molar-refractivity contribution is 7.14. The number of rotatable bonds is 6. The second kappa shape index (κ2) is 9.23. The molecule has 1 fully saturated rings. The summed E-state index contributed by atoms with van der Waals surface area (Å²) in [6.45, 7) is 2.96. The maximum absolute atomic E-state index is 4.42. The third-order valence-corrected chi connectivity index (χ3v) is 6.00. The van der Waals surface area contributed by atoms with Gasteiger partial charge in [0.15, 0.2) is 5.96 Å². The zero-order valence-electron chi connectivity index (χ0n) is 16.7. The van der Waals surface area contributed by atoms with Gasteiger partial charge in [-0.3, -0.25) is 9.67 Å². The first-order valence-corrected chi connectivity index (χ1v) is 10.4. The lowest BCUT2D eigenvalue weighted by Gasteiger charge is -2.34. The maximum atomic E-state index is 4.42. The Balaban J connectivity index is 1.49. The molecule has 2 aromatic rings. The van der Waals surface area contributed by atoms with E-state index in [2.05, 4.69) is 68.3 Å². The zero-order valence-corrected chi connectivity index (χ0v) is 17.5. The number of likely N-dealkylation sites (N-methyl/N-ethyl adjacent to an activating group) is 1. The minimum Gasteiger partial charge on any atom is -0.363 e. The van der Waals surface area contributed by atoms with Crippen molar-refractivity contribution >= 4 is 22.3 Å². The van der Waals surface area contributed by atoms with Crippen molar-refractivity contribution in [1.82, 2.24) is 25.3 Å². The number of aliphatic imine (C=N–C) groups is 1. The Bertz CT molecular complexity index is 714. The number of anilines is 1. The van der Waals surface area contributed by atoms with E-state index >= 15 is 0 Å². The van der Waals surface area contributed by atoms with Crippen molar-refractivity contribution in [2.24, 2.45) is 12.0 Å². The number of nitrogens with one attached hydrogen (secondary N) is 2. The SMILES string of the molecule is CN=C(NCC(c1cnn(C)c1)N(C)C)NC1CCN(c2cccs2)CC1.